The molecule has 0 radical (unpaired) electrons. The summed E-state index contributed by atoms with van der Waals surface area (Å²) >= 11 is 0. The van der Waals surface area contributed by atoms with Crippen LogP contribution in [-0.4, -0.2) is 32.3 Å². The van der Waals surface area contributed by atoms with Crippen molar-refractivity contribution < 1.29 is 14.3 Å². The Balaban J connectivity index is 2.60. The van der Waals surface area contributed by atoms with Gasteiger partial charge in [-0.05, 0) is 24.0 Å². The molecule has 0 unspecified atom stereocenters. The summed E-state index contributed by atoms with van der Waals surface area (Å²) in [5, 5.41) is 2.82. The van der Waals surface area contributed by atoms with E-state index in [1.807, 2.05) is 31.2 Å². The molecule has 0 fully saturated rings. The van der Waals surface area contributed by atoms with Crippen LogP contribution in [-0.2, 0) is 14.9 Å². The number of carbonyl (C=O) groups is 1. The summed E-state index contributed by atoms with van der Waals surface area (Å²) in [4.78, 5) is 11.8. The normalized spacial score (nSPS) is 12.8. The van der Waals surface area contributed by atoms with Crippen molar-refractivity contribution in [2.75, 3.05) is 20.3 Å². The summed E-state index contributed by atoms with van der Waals surface area (Å²) < 4.78 is 10.6. The number of hydrogen-bond acceptors (Lipinski definition) is 3. The van der Waals surface area contributed by atoms with Crippen molar-refractivity contribution in [1.82, 2.24) is 5.32 Å². The largest absolute Gasteiger partial charge is 0.483 e. The van der Waals surface area contributed by atoms with Crippen LogP contribution in [0.25, 0.3) is 0 Å². The molecule has 0 spiro atoms. The second-order valence-corrected chi connectivity index (χ2v) is 5.96. The van der Waals surface area contributed by atoms with E-state index in [9.17, 15) is 4.79 Å². The lowest BCUT2D eigenvalue weighted by Crippen LogP contribution is -2.38. The van der Waals surface area contributed by atoms with Gasteiger partial charge in [-0.2, -0.15) is 0 Å². The van der Waals surface area contributed by atoms with Crippen molar-refractivity contribution >= 4 is 5.91 Å². The van der Waals surface area contributed by atoms with Crippen LogP contribution in [0.15, 0.2) is 24.3 Å². The third kappa shape index (κ3) is 5.21. The molecule has 1 atom stereocenters. The summed E-state index contributed by atoms with van der Waals surface area (Å²) in [5.41, 5.74) is 1.08. The quantitative estimate of drug-likeness (QED) is 0.870. The molecular weight excluding hydrogens is 254 g/mol. The van der Waals surface area contributed by atoms with E-state index < -0.39 is 0 Å². The number of hydrogen-bond donors (Lipinski definition) is 1. The van der Waals surface area contributed by atoms with Crippen LogP contribution in [0.1, 0.15) is 33.3 Å². The van der Waals surface area contributed by atoms with Crippen molar-refractivity contribution in [2.24, 2.45) is 0 Å². The minimum atomic E-state index is -0.140. The smallest absolute Gasteiger partial charge is 0.258 e. The Morgan fingerprint density at radius 2 is 1.95 bits per heavy atom. The molecule has 1 amide bonds. The van der Waals surface area contributed by atoms with Crippen LogP contribution >= 0.6 is 0 Å². The Hall–Kier alpha value is -1.55. The summed E-state index contributed by atoms with van der Waals surface area (Å²) in [5.74, 6) is 0.618. The highest BCUT2D eigenvalue weighted by atomic mass is 16.5. The fourth-order valence-electron chi connectivity index (χ4n) is 1.96. The molecule has 0 aliphatic rings. The number of benzene rings is 1. The molecule has 0 aromatic heterocycles. The monoisotopic (exact) mass is 279 g/mol. The van der Waals surface area contributed by atoms with E-state index in [1.54, 1.807) is 7.11 Å². The first-order valence-corrected chi connectivity index (χ1v) is 6.85. The van der Waals surface area contributed by atoms with Crippen LogP contribution in [0.5, 0.6) is 5.75 Å². The molecule has 1 aromatic rings. The molecule has 0 aliphatic carbocycles. The molecule has 0 bridgehead atoms. The van der Waals surface area contributed by atoms with Gasteiger partial charge in [-0.15, -0.1) is 0 Å². The standard InChI is InChI=1S/C16H25NO3/c1-12(10-19-5)17-15(18)11-20-14-9-7-6-8-13(14)16(2,3)4/h6-9,12H,10-11H2,1-5H3,(H,17,18)/t12-/m1/s1. The molecule has 0 saturated carbocycles. The van der Waals surface area contributed by atoms with E-state index in [0.29, 0.717) is 6.61 Å². The van der Waals surface area contributed by atoms with E-state index in [4.69, 9.17) is 9.47 Å². The summed E-state index contributed by atoms with van der Waals surface area (Å²) in [7, 11) is 1.61. The number of para-hydroxylation sites is 1. The van der Waals surface area contributed by atoms with Gasteiger partial charge in [0.1, 0.15) is 5.75 Å². The minimum absolute atomic E-state index is 0.0150. The lowest BCUT2D eigenvalue weighted by atomic mass is 9.86. The first-order valence-electron chi connectivity index (χ1n) is 6.85. The molecule has 0 saturated heterocycles. The van der Waals surface area contributed by atoms with Crippen molar-refractivity contribution in [3.05, 3.63) is 29.8 Å². The predicted molar refractivity (Wildman–Crippen MR) is 80.1 cm³/mol. The lowest BCUT2D eigenvalue weighted by molar-refractivity contribution is -0.124. The van der Waals surface area contributed by atoms with Crippen LogP contribution in [0.2, 0.25) is 0 Å². The Morgan fingerprint density at radius 3 is 2.55 bits per heavy atom. The van der Waals surface area contributed by atoms with Crippen molar-refractivity contribution in [3.63, 3.8) is 0 Å². The van der Waals surface area contributed by atoms with Gasteiger partial charge >= 0.3 is 0 Å². The molecule has 1 rings (SSSR count). The maximum atomic E-state index is 11.8. The van der Waals surface area contributed by atoms with Gasteiger partial charge in [-0.3, -0.25) is 4.79 Å². The van der Waals surface area contributed by atoms with Crippen LogP contribution in [0.3, 0.4) is 0 Å². The number of amides is 1. The number of nitrogens with one attached hydrogen (secondary N) is 1. The number of ether oxygens (including phenoxy) is 2. The van der Waals surface area contributed by atoms with Gasteiger partial charge in [-0.1, -0.05) is 39.0 Å². The number of methoxy groups -OCH3 is 1. The van der Waals surface area contributed by atoms with Crippen molar-refractivity contribution in [2.45, 2.75) is 39.2 Å². The SMILES string of the molecule is COC[C@@H](C)NC(=O)COc1ccccc1C(C)(C)C. The zero-order chi connectivity index (χ0) is 15.2. The van der Waals surface area contributed by atoms with E-state index in [-0.39, 0.29) is 24.0 Å². The Labute approximate surface area is 121 Å². The molecule has 20 heavy (non-hydrogen) atoms. The zero-order valence-corrected chi connectivity index (χ0v) is 13.0. The van der Waals surface area contributed by atoms with Gasteiger partial charge < -0.3 is 14.8 Å². The Morgan fingerprint density at radius 1 is 1.30 bits per heavy atom. The highest BCUT2D eigenvalue weighted by molar-refractivity contribution is 5.77. The highest BCUT2D eigenvalue weighted by Crippen LogP contribution is 2.30. The van der Waals surface area contributed by atoms with Crippen LogP contribution in [0, 0.1) is 0 Å². The second kappa shape index (κ2) is 7.29. The van der Waals surface area contributed by atoms with E-state index in [1.165, 1.54) is 0 Å². The third-order valence-electron chi connectivity index (χ3n) is 2.88. The number of rotatable bonds is 6. The predicted octanol–water partition coefficient (Wildman–Crippen LogP) is 2.51. The van der Waals surface area contributed by atoms with Gasteiger partial charge in [0, 0.05) is 13.2 Å². The van der Waals surface area contributed by atoms with E-state index in [2.05, 4.69) is 26.1 Å². The zero-order valence-electron chi connectivity index (χ0n) is 13.0. The summed E-state index contributed by atoms with van der Waals surface area (Å²) in [6.45, 7) is 8.76. The van der Waals surface area contributed by atoms with Gasteiger partial charge in [0.15, 0.2) is 6.61 Å². The maximum absolute atomic E-state index is 11.8. The molecule has 1 N–H and O–H groups in total. The Bertz CT molecular complexity index is 438. The molecule has 4 nitrogen and oxygen atoms in total. The second-order valence-electron chi connectivity index (χ2n) is 5.96. The fourth-order valence-corrected chi connectivity index (χ4v) is 1.96. The number of carbonyl (C=O) groups excluding carboxylic acids is 1. The average molecular weight is 279 g/mol. The van der Waals surface area contributed by atoms with E-state index in [0.717, 1.165) is 11.3 Å². The van der Waals surface area contributed by atoms with Gasteiger partial charge in [0.2, 0.25) is 0 Å². The molecular formula is C16H25NO3. The molecule has 1 aromatic carbocycles. The molecule has 0 aliphatic heterocycles. The fraction of sp³-hybridized carbons (Fsp3) is 0.562. The van der Waals surface area contributed by atoms with Gasteiger partial charge in [0.05, 0.1) is 6.61 Å². The van der Waals surface area contributed by atoms with Crippen LogP contribution in [0.4, 0.5) is 0 Å². The molecule has 112 valence electrons. The maximum Gasteiger partial charge on any atom is 0.258 e. The molecule has 0 heterocycles. The van der Waals surface area contributed by atoms with Crippen LogP contribution < -0.4 is 10.1 Å². The van der Waals surface area contributed by atoms with Gasteiger partial charge in [-0.25, -0.2) is 0 Å². The summed E-state index contributed by atoms with van der Waals surface area (Å²) in [6, 6.07) is 7.80. The third-order valence-corrected chi connectivity index (χ3v) is 2.88. The van der Waals surface area contributed by atoms with Crippen molar-refractivity contribution in [1.29, 1.82) is 0 Å². The Kier molecular flexibility index (Phi) is 6.02. The molecule has 4 heteroatoms. The highest BCUT2D eigenvalue weighted by Gasteiger charge is 2.19. The van der Waals surface area contributed by atoms with Crippen molar-refractivity contribution in [3.8, 4) is 5.75 Å². The lowest BCUT2D eigenvalue weighted by Gasteiger charge is -2.22. The average Bonchev–Trinajstić information content (AvgIpc) is 2.36. The van der Waals surface area contributed by atoms with E-state index >= 15 is 0 Å². The summed E-state index contributed by atoms with van der Waals surface area (Å²) in [6.07, 6.45) is 0. The van der Waals surface area contributed by atoms with Gasteiger partial charge in [0.25, 0.3) is 5.91 Å². The topological polar surface area (TPSA) is 47.6 Å². The first-order chi connectivity index (χ1) is 9.34. The minimum Gasteiger partial charge on any atom is -0.483 e. The first kappa shape index (κ1) is 16.5.